The minimum absolute atomic E-state index is 0.385. The Kier molecular flexibility index (Phi) is 5.36. The maximum absolute atomic E-state index is 11.3. The molecule has 0 rings (SSSR count). The number of carbonyl (C=O) groups excluding carboxylic acids is 2. The van der Waals surface area contributed by atoms with Gasteiger partial charge in [-0.15, -0.1) is 0 Å². The molecule has 1 N–H and O–H groups in total. The van der Waals surface area contributed by atoms with Gasteiger partial charge in [0, 0.05) is 6.92 Å². The molecule has 0 spiro atoms. The lowest BCUT2D eigenvalue weighted by atomic mass is 10.2. The van der Waals surface area contributed by atoms with Crippen LogP contribution in [0.2, 0.25) is 0 Å². The van der Waals surface area contributed by atoms with Crippen LogP contribution < -0.4 is 0 Å². The molecule has 0 aliphatic carbocycles. The molecule has 0 heterocycles. The molecule has 0 aliphatic rings. The van der Waals surface area contributed by atoms with E-state index in [1.54, 1.807) is 13.8 Å². The van der Waals surface area contributed by atoms with Gasteiger partial charge in [0.05, 0.1) is 12.5 Å². The largest absolute Gasteiger partial charge is 0.481 e. The minimum Gasteiger partial charge on any atom is -0.481 e. The maximum Gasteiger partial charge on any atom is 0.348 e. The zero-order valence-corrected chi connectivity index (χ0v) is 8.85. The number of esters is 2. The lowest BCUT2D eigenvalue weighted by molar-refractivity contribution is -0.172. The molecule has 0 aliphatic heterocycles. The molecule has 6 heteroatoms. The van der Waals surface area contributed by atoms with Gasteiger partial charge >= 0.3 is 17.9 Å². The first-order valence-corrected chi connectivity index (χ1v) is 4.42. The molecule has 0 bridgehead atoms. The van der Waals surface area contributed by atoms with E-state index in [4.69, 9.17) is 9.84 Å². The van der Waals surface area contributed by atoms with Crippen molar-refractivity contribution in [2.24, 2.45) is 0 Å². The van der Waals surface area contributed by atoms with Crippen LogP contribution in [0.3, 0.4) is 0 Å². The predicted molar refractivity (Wildman–Crippen MR) is 49.0 cm³/mol. The van der Waals surface area contributed by atoms with E-state index in [1.807, 2.05) is 0 Å². The normalized spacial score (nSPS) is 12.0. The molecular formula is C9H14O6. The molecule has 6 nitrogen and oxygen atoms in total. The van der Waals surface area contributed by atoms with Crippen molar-refractivity contribution in [1.29, 1.82) is 0 Å². The van der Waals surface area contributed by atoms with Gasteiger partial charge in [-0.3, -0.25) is 9.59 Å². The number of rotatable bonds is 5. The van der Waals surface area contributed by atoms with Crippen molar-refractivity contribution < 1.29 is 29.0 Å². The smallest absolute Gasteiger partial charge is 0.348 e. The topological polar surface area (TPSA) is 89.9 Å². The van der Waals surface area contributed by atoms with E-state index >= 15 is 0 Å². The Labute approximate surface area is 87.2 Å². The summed E-state index contributed by atoms with van der Waals surface area (Å²) in [6.07, 6.45) is -2.35. The molecule has 0 fully saturated rings. The highest BCUT2D eigenvalue weighted by molar-refractivity contribution is 5.83. The van der Waals surface area contributed by atoms with Crippen molar-refractivity contribution in [3.8, 4) is 0 Å². The fourth-order valence-electron chi connectivity index (χ4n) is 0.840. The quantitative estimate of drug-likeness (QED) is 0.669. The summed E-state index contributed by atoms with van der Waals surface area (Å²) < 4.78 is 9.26. The number of aliphatic carboxylic acids is 1. The van der Waals surface area contributed by atoms with E-state index in [0.717, 1.165) is 6.92 Å². The van der Waals surface area contributed by atoms with Crippen molar-refractivity contribution >= 4 is 17.9 Å². The summed E-state index contributed by atoms with van der Waals surface area (Å²) in [6, 6.07) is 0. The molecular weight excluding hydrogens is 204 g/mol. The van der Waals surface area contributed by atoms with Gasteiger partial charge in [0.2, 0.25) is 6.10 Å². The summed E-state index contributed by atoms with van der Waals surface area (Å²) in [7, 11) is 0. The second kappa shape index (κ2) is 6.00. The lowest BCUT2D eigenvalue weighted by Gasteiger charge is -2.15. The number of hydrogen-bond donors (Lipinski definition) is 1. The average Bonchev–Trinajstić information content (AvgIpc) is 1.99. The van der Waals surface area contributed by atoms with Crippen molar-refractivity contribution in [2.75, 3.05) is 0 Å². The van der Waals surface area contributed by atoms with Gasteiger partial charge in [-0.25, -0.2) is 4.79 Å². The monoisotopic (exact) mass is 218 g/mol. The highest BCUT2D eigenvalue weighted by Crippen LogP contribution is 2.04. The summed E-state index contributed by atoms with van der Waals surface area (Å²) in [6.45, 7) is 4.32. The summed E-state index contributed by atoms with van der Waals surface area (Å²) >= 11 is 0. The van der Waals surface area contributed by atoms with Crippen molar-refractivity contribution in [3.63, 3.8) is 0 Å². The third-order valence-corrected chi connectivity index (χ3v) is 1.28. The first-order valence-electron chi connectivity index (χ1n) is 4.42. The first kappa shape index (κ1) is 13.4. The molecule has 0 aromatic carbocycles. The molecule has 1 atom stereocenters. The van der Waals surface area contributed by atoms with E-state index in [0.29, 0.717) is 0 Å². The van der Waals surface area contributed by atoms with Gasteiger partial charge in [0.25, 0.3) is 0 Å². The predicted octanol–water partition coefficient (Wildman–Crippen LogP) is 0.344. The van der Waals surface area contributed by atoms with E-state index in [1.165, 1.54) is 0 Å². The van der Waals surface area contributed by atoms with Crippen LogP contribution >= 0.6 is 0 Å². The van der Waals surface area contributed by atoms with Crippen LogP contribution in [0, 0.1) is 0 Å². The van der Waals surface area contributed by atoms with Gasteiger partial charge in [0.1, 0.15) is 0 Å². The van der Waals surface area contributed by atoms with Crippen molar-refractivity contribution in [1.82, 2.24) is 0 Å². The Morgan fingerprint density at radius 2 is 1.73 bits per heavy atom. The Morgan fingerprint density at radius 3 is 2.07 bits per heavy atom. The molecule has 15 heavy (non-hydrogen) atoms. The van der Waals surface area contributed by atoms with Crippen LogP contribution in [-0.4, -0.2) is 35.2 Å². The molecule has 0 aromatic rings. The summed E-state index contributed by atoms with van der Waals surface area (Å²) in [5, 5.41) is 8.48. The van der Waals surface area contributed by atoms with Crippen molar-refractivity contribution in [2.45, 2.75) is 39.4 Å². The van der Waals surface area contributed by atoms with Crippen LogP contribution in [-0.2, 0) is 23.9 Å². The van der Waals surface area contributed by atoms with Crippen LogP contribution in [0.5, 0.6) is 0 Å². The zero-order valence-electron chi connectivity index (χ0n) is 8.85. The van der Waals surface area contributed by atoms with E-state index in [9.17, 15) is 14.4 Å². The first-order chi connectivity index (χ1) is 6.82. The zero-order chi connectivity index (χ0) is 12.0. The Morgan fingerprint density at radius 1 is 1.20 bits per heavy atom. The average molecular weight is 218 g/mol. The van der Waals surface area contributed by atoms with Crippen LogP contribution in [0.25, 0.3) is 0 Å². The van der Waals surface area contributed by atoms with E-state index in [2.05, 4.69) is 4.74 Å². The number of carbonyl (C=O) groups is 3. The fourth-order valence-corrected chi connectivity index (χ4v) is 0.840. The third-order valence-electron chi connectivity index (χ3n) is 1.28. The van der Waals surface area contributed by atoms with Crippen LogP contribution in [0.15, 0.2) is 0 Å². The number of carboxylic acid groups (broad SMARTS) is 1. The minimum atomic E-state index is -1.37. The van der Waals surface area contributed by atoms with Gasteiger partial charge in [-0.1, -0.05) is 0 Å². The summed E-state index contributed by atoms with van der Waals surface area (Å²) in [4.78, 5) is 32.2. The second-order valence-corrected chi connectivity index (χ2v) is 3.18. The molecule has 0 saturated carbocycles. The number of ether oxygens (including phenoxy) is 2. The van der Waals surface area contributed by atoms with Gasteiger partial charge < -0.3 is 14.6 Å². The van der Waals surface area contributed by atoms with Crippen LogP contribution in [0.4, 0.5) is 0 Å². The third kappa shape index (κ3) is 6.48. The number of hydrogen-bond acceptors (Lipinski definition) is 5. The highest BCUT2D eigenvalue weighted by atomic mass is 16.6. The molecule has 0 aromatic heterocycles. The van der Waals surface area contributed by atoms with Gasteiger partial charge in [-0.2, -0.15) is 0 Å². The van der Waals surface area contributed by atoms with E-state index < -0.39 is 30.4 Å². The molecule has 0 amide bonds. The Balaban J connectivity index is 4.40. The second-order valence-electron chi connectivity index (χ2n) is 3.18. The van der Waals surface area contributed by atoms with Crippen LogP contribution in [0.1, 0.15) is 27.2 Å². The number of carboxylic acids is 1. The van der Waals surface area contributed by atoms with Gasteiger partial charge in [0.15, 0.2) is 0 Å². The van der Waals surface area contributed by atoms with Crippen molar-refractivity contribution in [3.05, 3.63) is 0 Å². The molecule has 1 unspecified atom stereocenters. The Hall–Kier alpha value is -1.59. The lowest BCUT2D eigenvalue weighted by Crippen LogP contribution is -2.32. The maximum atomic E-state index is 11.3. The summed E-state index contributed by atoms with van der Waals surface area (Å²) in [5.74, 6) is -2.80. The molecule has 86 valence electrons. The highest BCUT2D eigenvalue weighted by Gasteiger charge is 2.26. The molecule has 0 saturated heterocycles. The SMILES string of the molecule is CC(=O)OC(CC(=O)O)C(=O)OC(C)C. The molecule has 0 radical (unpaired) electrons. The fraction of sp³-hybridized carbons (Fsp3) is 0.667. The Bertz CT molecular complexity index is 241. The standard InChI is InChI=1S/C9H14O6/c1-5(2)14-9(13)7(4-8(11)12)15-6(3)10/h5,7H,4H2,1-3H3,(H,11,12). The summed E-state index contributed by atoms with van der Waals surface area (Å²) in [5.41, 5.74) is 0. The van der Waals surface area contributed by atoms with Gasteiger partial charge in [-0.05, 0) is 13.8 Å². The van der Waals surface area contributed by atoms with E-state index in [-0.39, 0.29) is 6.10 Å².